The van der Waals surface area contributed by atoms with Crippen LogP contribution in [-0.4, -0.2) is 124 Å². The van der Waals surface area contributed by atoms with Gasteiger partial charge in [0, 0.05) is 82.8 Å². The number of amides is 3. The Hall–Kier alpha value is -5.88. The largest absolute Gasteiger partial charge is 0.483 e. The van der Waals surface area contributed by atoms with Crippen LogP contribution in [0.4, 0.5) is 33.3 Å². The van der Waals surface area contributed by atoms with Crippen molar-refractivity contribution in [2.45, 2.75) is 70.7 Å². The fourth-order valence-electron chi connectivity index (χ4n) is 9.02. The zero-order valence-corrected chi connectivity index (χ0v) is 34.7. The Bertz CT molecular complexity index is 2310. The number of aliphatic hydroxyl groups excluding tert-OH is 1. The maximum absolute atomic E-state index is 15.2. The van der Waals surface area contributed by atoms with Crippen LogP contribution in [0.15, 0.2) is 42.4 Å². The highest BCUT2D eigenvalue weighted by Crippen LogP contribution is 2.38. The molecule has 0 aliphatic carbocycles. The number of fused-ring (bicyclic) bond motifs is 2. The number of nitrogens with one attached hydrogen (secondary N) is 3. The molecular formula is C42H53FN12O5. The van der Waals surface area contributed by atoms with E-state index in [-0.39, 0.29) is 41.9 Å². The highest BCUT2D eigenvalue weighted by Gasteiger charge is 2.35. The first-order chi connectivity index (χ1) is 28.9. The van der Waals surface area contributed by atoms with E-state index in [1.54, 1.807) is 23.2 Å². The normalized spacial score (nSPS) is 22.5. The molecule has 18 heteroatoms. The zero-order chi connectivity index (χ0) is 42.2. The first kappa shape index (κ1) is 40.9. The number of aryl methyl sites for hydroxylation is 1. The van der Waals surface area contributed by atoms with Gasteiger partial charge in [-0.2, -0.15) is 10.1 Å². The summed E-state index contributed by atoms with van der Waals surface area (Å²) in [6.07, 6.45) is 6.11. The van der Waals surface area contributed by atoms with Crippen LogP contribution in [0, 0.1) is 11.7 Å². The van der Waals surface area contributed by atoms with Gasteiger partial charge in [-0.25, -0.2) is 14.4 Å². The number of pyridine rings is 1. The van der Waals surface area contributed by atoms with Crippen LogP contribution >= 0.6 is 0 Å². The predicted octanol–water partition coefficient (Wildman–Crippen LogP) is 3.24. The zero-order valence-electron chi connectivity index (χ0n) is 34.7. The molecule has 3 aromatic heterocycles. The van der Waals surface area contributed by atoms with Crippen molar-refractivity contribution < 1.29 is 28.6 Å². The minimum Gasteiger partial charge on any atom is -0.483 e. The second-order valence-electron chi connectivity index (χ2n) is 16.4. The standard InChI is InChI=1S/C42H53FN12O5/c1-24(2)55-39-27(19-33(41(55)59)60-23-35(57)44-4)18-28(20-45-39)47-38-31(43)21-46-42(49-38)53-15-13-52(14-16-53)22-26-11-12-54(25(3)17-26)32-8-6-7-29-36(50-51(5)37(29)32)30-9-10-34(56)48-40(30)58/h6-8,18-21,24-26,30,41,59H,9-17,22-23H2,1-5H3,(H,44,57)(H,46,47,49)(H,48,56,58). The minimum absolute atomic E-state index is 0.0237. The number of benzene rings is 1. The van der Waals surface area contributed by atoms with Crippen molar-refractivity contribution in [3.8, 4) is 0 Å². The fourth-order valence-corrected chi connectivity index (χ4v) is 9.02. The number of likely N-dealkylation sites (N-methyl/N-ethyl adjacent to an activating group) is 1. The first-order valence-electron chi connectivity index (χ1n) is 20.7. The van der Waals surface area contributed by atoms with Crippen LogP contribution in [0.1, 0.15) is 63.6 Å². The maximum atomic E-state index is 15.2. The molecule has 4 N–H and O–H groups in total. The van der Waals surface area contributed by atoms with Gasteiger partial charge in [-0.05, 0) is 64.2 Å². The third-order valence-electron chi connectivity index (χ3n) is 12.1. The molecule has 4 aliphatic rings. The Morgan fingerprint density at radius 3 is 2.63 bits per heavy atom. The lowest BCUT2D eigenvalue weighted by Crippen LogP contribution is -2.50. The summed E-state index contributed by atoms with van der Waals surface area (Å²) in [5.41, 5.74) is 3.96. The molecule has 4 unspecified atom stereocenters. The molecule has 4 aliphatic heterocycles. The molecule has 17 nitrogen and oxygen atoms in total. The molecular weight excluding hydrogens is 772 g/mol. The van der Waals surface area contributed by atoms with Crippen molar-refractivity contribution >= 4 is 63.7 Å². The lowest BCUT2D eigenvalue weighted by Gasteiger charge is -2.42. The number of hydrogen-bond acceptors (Lipinski definition) is 14. The topological polar surface area (TPSA) is 186 Å². The van der Waals surface area contributed by atoms with Crippen LogP contribution in [0.3, 0.4) is 0 Å². The summed E-state index contributed by atoms with van der Waals surface area (Å²) in [5, 5.41) is 24.8. The minimum atomic E-state index is -1.13. The highest BCUT2D eigenvalue weighted by atomic mass is 19.1. The van der Waals surface area contributed by atoms with E-state index in [1.165, 1.54) is 13.2 Å². The fraction of sp³-hybridized carbons (Fsp3) is 0.500. The molecule has 4 atom stereocenters. The number of rotatable bonds is 11. The second kappa shape index (κ2) is 17.0. The molecule has 4 aromatic rings. The number of para-hydroxylation sites is 1. The third-order valence-corrected chi connectivity index (χ3v) is 12.1. The van der Waals surface area contributed by atoms with E-state index in [0.717, 1.165) is 61.3 Å². The summed E-state index contributed by atoms with van der Waals surface area (Å²) in [6, 6.07) is 8.15. The van der Waals surface area contributed by atoms with Crippen LogP contribution in [-0.2, 0) is 26.2 Å². The molecule has 3 amide bonds. The summed E-state index contributed by atoms with van der Waals surface area (Å²) in [5.74, 6) is -0.158. The number of halogens is 1. The van der Waals surface area contributed by atoms with Crippen molar-refractivity contribution in [3.63, 3.8) is 0 Å². The van der Waals surface area contributed by atoms with E-state index in [0.29, 0.717) is 60.9 Å². The Kier molecular flexibility index (Phi) is 11.6. The SMILES string of the molecule is CNC(=O)COC1=Cc2cc(Nc3nc(N4CCN(CC5CCN(c6cccc7c(C8CCC(=O)NC8=O)nn(C)c67)C(C)C5)CC4)ncc3F)cnc2N(C(C)C)C1O. The van der Waals surface area contributed by atoms with Crippen molar-refractivity contribution in [3.05, 3.63) is 59.5 Å². The number of carbonyl (C=O) groups is 3. The Morgan fingerprint density at radius 1 is 1.10 bits per heavy atom. The summed E-state index contributed by atoms with van der Waals surface area (Å²) in [4.78, 5) is 58.6. The van der Waals surface area contributed by atoms with Gasteiger partial charge >= 0.3 is 0 Å². The van der Waals surface area contributed by atoms with E-state index in [2.05, 4.69) is 58.6 Å². The summed E-state index contributed by atoms with van der Waals surface area (Å²) in [7, 11) is 3.44. The molecule has 60 heavy (non-hydrogen) atoms. The van der Waals surface area contributed by atoms with Gasteiger partial charge in [-0.1, -0.05) is 12.1 Å². The van der Waals surface area contributed by atoms with Crippen molar-refractivity contribution in [2.75, 3.05) is 72.9 Å². The third kappa shape index (κ3) is 8.17. The summed E-state index contributed by atoms with van der Waals surface area (Å²) >= 11 is 0. The first-order valence-corrected chi connectivity index (χ1v) is 20.7. The van der Waals surface area contributed by atoms with Crippen LogP contribution in [0.2, 0.25) is 0 Å². The van der Waals surface area contributed by atoms with E-state index < -0.39 is 18.0 Å². The number of aliphatic hydroxyl groups is 1. The molecule has 8 rings (SSSR count). The van der Waals surface area contributed by atoms with Gasteiger partial charge in [-0.3, -0.25) is 29.3 Å². The highest BCUT2D eigenvalue weighted by molar-refractivity contribution is 6.03. The van der Waals surface area contributed by atoms with E-state index >= 15 is 4.39 Å². The van der Waals surface area contributed by atoms with Gasteiger partial charge in [0.1, 0.15) is 11.6 Å². The number of imide groups is 1. The second-order valence-corrected chi connectivity index (χ2v) is 16.4. The molecule has 3 saturated heterocycles. The number of hydrogen-bond donors (Lipinski definition) is 4. The Balaban J connectivity index is 0.881. The lowest BCUT2D eigenvalue weighted by molar-refractivity contribution is -0.134. The number of nitrogens with zero attached hydrogens (tertiary/aromatic N) is 9. The van der Waals surface area contributed by atoms with Gasteiger partial charge in [0.15, 0.2) is 24.5 Å². The van der Waals surface area contributed by atoms with Crippen molar-refractivity contribution in [1.29, 1.82) is 0 Å². The van der Waals surface area contributed by atoms with Crippen LogP contribution in [0.25, 0.3) is 17.0 Å². The Labute approximate surface area is 348 Å². The van der Waals surface area contributed by atoms with E-state index in [4.69, 9.17) is 9.84 Å². The van der Waals surface area contributed by atoms with Gasteiger partial charge in [0.25, 0.3) is 5.91 Å². The average Bonchev–Trinajstić information content (AvgIpc) is 3.57. The maximum Gasteiger partial charge on any atom is 0.257 e. The van der Waals surface area contributed by atoms with E-state index in [9.17, 15) is 19.5 Å². The van der Waals surface area contributed by atoms with Crippen LogP contribution < -0.4 is 30.7 Å². The van der Waals surface area contributed by atoms with E-state index in [1.807, 2.05) is 37.7 Å². The number of carbonyl (C=O) groups excluding carboxylic acids is 3. The number of piperazine rings is 1. The smallest absolute Gasteiger partial charge is 0.257 e. The van der Waals surface area contributed by atoms with Gasteiger partial charge in [-0.15, -0.1) is 0 Å². The molecule has 7 heterocycles. The van der Waals surface area contributed by atoms with Crippen molar-refractivity contribution in [1.82, 2.24) is 40.3 Å². The average molecular weight is 825 g/mol. The molecule has 3 fully saturated rings. The molecule has 318 valence electrons. The molecule has 0 radical (unpaired) electrons. The summed E-state index contributed by atoms with van der Waals surface area (Å²) in [6.45, 7) is 10.8. The van der Waals surface area contributed by atoms with Gasteiger partial charge < -0.3 is 35.2 Å². The number of anilines is 5. The van der Waals surface area contributed by atoms with Crippen LogP contribution in [0.5, 0.6) is 0 Å². The quantitative estimate of drug-likeness (QED) is 0.162. The van der Waals surface area contributed by atoms with Gasteiger partial charge in [0.2, 0.25) is 17.8 Å². The molecule has 0 bridgehead atoms. The summed E-state index contributed by atoms with van der Waals surface area (Å²) < 4.78 is 22.7. The predicted molar refractivity (Wildman–Crippen MR) is 225 cm³/mol. The molecule has 1 aromatic carbocycles. The van der Waals surface area contributed by atoms with Crippen molar-refractivity contribution in [2.24, 2.45) is 13.0 Å². The monoisotopic (exact) mass is 824 g/mol. The molecule has 0 saturated carbocycles. The number of ether oxygens (including phenoxy) is 1. The number of piperidine rings is 2. The molecule has 0 spiro atoms. The lowest BCUT2D eigenvalue weighted by atomic mass is 9.89. The Morgan fingerprint density at radius 2 is 1.90 bits per heavy atom. The van der Waals surface area contributed by atoms with Gasteiger partial charge in [0.05, 0.1) is 40.9 Å². The number of aromatic nitrogens is 5.